The number of benzene rings is 2. The third-order valence-corrected chi connectivity index (χ3v) is 7.19. The zero-order valence-corrected chi connectivity index (χ0v) is 17.6. The average Bonchev–Trinajstić information content (AvgIpc) is 3.14. The largest absolute Gasteiger partial charge is 0.338 e. The van der Waals surface area contributed by atoms with E-state index in [0.717, 1.165) is 12.8 Å². The van der Waals surface area contributed by atoms with E-state index in [9.17, 15) is 13.2 Å². The molecule has 28 heavy (non-hydrogen) atoms. The van der Waals surface area contributed by atoms with Crippen LogP contribution in [-0.2, 0) is 14.6 Å². The first-order chi connectivity index (χ1) is 13.3. The number of likely N-dealkylation sites (tertiary alicyclic amines) is 1. The Hall–Kier alpha value is -1.73. The Bertz CT molecular complexity index is 1090. The second kappa shape index (κ2) is 7.26. The summed E-state index contributed by atoms with van der Waals surface area (Å²) in [5.41, 5.74) is 0.867. The Morgan fingerprint density at radius 3 is 2.18 bits per heavy atom. The highest BCUT2D eigenvalue weighted by molar-refractivity contribution is 7.96. The average molecular weight is 458 g/mol. The first-order valence-electron chi connectivity index (χ1n) is 8.58. The maximum absolute atomic E-state index is 13.2. The van der Waals surface area contributed by atoms with Crippen LogP contribution >= 0.6 is 34.8 Å². The number of hydrogen-bond acceptors (Lipinski definition) is 4. The Morgan fingerprint density at radius 1 is 0.893 bits per heavy atom. The molecule has 0 aromatic heterocycles. The van der Waals surface area contributed by atoms with Crippen molar-refractivity contribution >= 4 is 61.9 Å². The number of fused-ring (bicyclic) bond motifs is 1. The number of rotatable bonds is 2. The first kappa shape index (κ1) is 19.6. The van der Waals surface area contributed by atoms with Crippen LogP contribution in [0.5, 0.6) is 0 Å². The maximum Gasteiger partial charge on any atom is 0.267 e. The molecule has 0 bridgehead atoms. The smallest absolute Gasteiger partial charge is 0.267 e. The molecular weight excluding hydrogens is 443 g/mol. The van der Waals surface area contributed by atoms with Gasteiger partial charge in [-0.25, -0.2) is 8.42 Å². The predicted octanol–water partition coefficient (Wildman–Crippen LogP) is 5.04. The van der Waals surface area contributed by atoms with E-state index in [1.54, 1.807) is 28.0 Å². The van der Waals surface area contributed by atoms with Crippen molar-refractivity contribution in [2.24, 2.45) is 0 Å². The highest BCUT2D eigenvalue weighted by Gasteiger charge is 2.38. The van der Waals surface area contributed by atoms with Gasteiger partial charge in [0.15, 0.2) is 4.91 Å². The molecule has 5 nitrogen and oxygen atoms in total. The lowest BCUT2D eigenvalue weighted by Crippen LogP contribution is -2.35. The molecule has 4 rings (SSSR count). The molecule has 0 unspecified atom stereocenters. The molecule has 1 saturated heterocycles. The third-order valence-electron chi connectivity index (χ3n) is 4.74. The lowest BCUT2D eigenvalue weighted by Gasteiger charge is -2.30. The van der Waals surface area contributed by atoms with Crippen LogP contribution in [0.2, 0.25) is 15.1 Å². The molecule has 2 aromatic carbocycles. The van der Waals surface area contributed by atoms with Crippen LogP contribution in [0.3, 0.4) is 0 Å². The van der Waals surface area contributed by atoms with E-state index in [1.165, 1.54) is 24.4 Å². The van der Waals surface area contributed by atoms with Crippen molar-refractivity contribution < 1.29 is 13.2 Å². The van der Waals surface area contributed by atoms with Gasteiger partial charge in [-0.2, -0.15) is 0 Å². The molecule has 146 valence electrons. The maximum atomic E-state index is 13.2. The molecule has 0 saturated carbocycles. The number of hydrogen-bond donors (Lipinski definition) is 0. The van der Waals surface area contributed by atoms with Crippen molar-refractivity contribution in [1.82, 2.24) is 4.90 Å². The second-order valence-corrected chi connectivity index (χ2v) is 9.80. The molecule has 0 aliphatic carbocycles. The van der Waals surface area contributed by atoms with E-state index in [-0.39, 0.29) is 9.80 Å². The summed E-state index contributed by atoms with van der Waals surface area (Å²) in [4.78, 5) is 15.9. The van der Waals surface area contributed by atoms with Gasteiger partial charge in [0.1, 0.15) is 0 Å². The molecule has 2 heterocycles. The summed E-state index contributed by atoms with van der Waals surface area (Å²) in [6, 6.07) is 9.30. The van der Waals surface area contributed by atoms with Gasteiger partial charge in [0.05, 0.1) is 10.6 Å². The predicted molar refractivity (Wildman–Crippen MR) is 111 cm³/mol. The second-order valence-electron chi connectivity index (χ2n) is 6.61. The number of carbonyl (C=O) groups is 1. The summed E-state index contributed by atoms with van der Waals surface area (Å²) < 4.78 is 26.4. The van der Waals surface area contributed by atoms with Crippen LogP contribution in [0.1, 0.15) is 12.8 Å². The molecule has 2 aliphatic rings. The van der Waals surface area contributed by atoms with Crippen LogP contribution in [0, 0.1) is 0 Å². The van der Waals surface area contributed by atoms with E-state index >= 15 is 0 Å². The zero-order chi connectivity index (χ0) is 20.1. The van der Waals surface area contributed by atoms with Crippen molar-refractivity contribution in [3.8, 4) is 0 Å². The molecule has 0 atom stereocenters. The molecule has 0 radical (unpaired) electrons. The Labute approximate surface area is 178 Å². The normalized spacial score (nSPS) is 18.0. The van der Waals surface area contributed by atoms with Crippen LogP contribution in [0.4, 0.5) is 11.4 Å². The first-order valence-corrected chi connectivity index (χ1v) is 11.2. The molecule has 2 aromatic rings. The van der Waals surface area contributed by atoms with Crippen LogP contribution in [0.15, 0.2) is 52.4 Å². The van der Waals surface area contributed by atoms with Crippen LogP contribution < -0.4 is 4.90 Å². The van der Waals surface area contributed by atoms with Gasteiger partial charge in [0.2, 0.25) is 9.84 Å². The van der Waals surface area contributed by atoms with Gasteiger partial charge in [-0.3, -0.25) is 4.79 Å². The molecule has 9 heteroatoms. The lowest BCUT2D eigenvalue weighted by atomic mass is 10.2. The Balaban J connectivity index is 1.93. The topological polar surface area (TPSA) is 57.7 Å². The molecule has 0 N–H and O–H groups in total. The third kappa shape index (κ3) is 3.39. The zero-order valence-electron chi connectivity index (χ0n) is 14.5. The van der Waals surface area contributed by atoms with Crippen molar-refractivity contribution in [3.63, 3.8) is 0 Å². The summed E-state index contributed by atoms with van der Waals surface area (Å²) in [5.74, 6) is -0.503. The summed E-state index contributed by atoms with van der Waals surface area (Å²) >= 11 is 18.4. The minimum atomic E-state index is -3.99. The number of carbonyl (C=O) groups excluding carboxylic acids is 1. The van der Waals surface area contributed by atoms with Gasteiger partial charge in [-0.1, -0.05) is 34.8 Å². The van der Waals surface area contributed by atoms with E-state index in [1.807, 2.05) is 0 Å². The number of halogens is 3. The fraction of sp³-hybridized carbons (Fsp3) is 0.211. The standard InChI is InChI=1S/C19H15Cl3N2O3S/c20-12-3-4-17-16(10-12)24(15-8-13(21)7-14(22)9-15)11-18(28(17,26)27)19(25)23-5-1-2-6-23/h3-4,7-11H,1-2,5-6H2. The van der Waals surface area contributed by atoms with Crippen LogP contribution in [-0.4, -0.2) is 32.3 Å². The number of amides is 1. The molecule has 2 aliphatic heterocycles. The van der Waals surface area contributed by atoms with Crippen molar-refractivity contribution in [3.05, 3.63) is 62.6 Å². The Kier molecular flexibility index (Phi) is 5.08. The van der Waals surface area contributed by atoms with Crippen molar-refractivity contribution in [1.29, 1.82) is 0 Å². The summed E-state index contributed by atoms with van der Waals surface area (Å²) in [6.45, 7) is 1.09. The monoisotopic (exact) mass is 456 g/mol. The molecule has 1 fully saturated rings. The minimum absolute atomic E-state index is 0.0121. The van der Waals surface area contributed by atoms with E-state index in [0.29, 0.717) is 39.5 Å². The number of nitrogens with zero attached hydrogens (tertiary/aromatic N) is 2. The fourth-order valence-corrected chi connectivity index (χ4v) is 5.62. The van der Waals surface area contributed by atoms with Gasteiger partial charge in [-0.15, -0.1) is 0 Å². The minimum Gasteiger partial charge on any atom is -0.338 e. The molecular formula is C19H15Cl3N2O3S. The highest BCUT2D eigenvalue weighted by atomic mass is 35.5. The Morgan fingerprint density at radius 2 is 1.54 bits per heavy atom. The summed E-state index contributed by atoms with van der Waals surface area (Å²) in [5, 5.41) is 1.15. The fourth-order valence-electron chi connectivity index (χ4n) is 3.42. The number of anilines is 2. The van der Waals surface area contributed by atoms with Crippen molar-refractivity contribution in [2.45, 2.75) is 17.7 Å². The number of sulfone groups is 1. The van der Waals surface area contributed by atoms with Gasteiger partial charge in [-0.05, 0) is 49.2 Å². The molecule has 0 spiro atoms. The van der Waals surface area contributed by atoms with E-state index < -0.39 is 15.7 Å². The van der Waals surface area contributed by atoms with Crippen molar-refractivity contribution in [2.75, 3.05) is 18.0 Å². The van der Waals surface area contributed by atoms with E-state index in [4.69, 9.17) is 34.8 Å². The van der Waals surface area contributed by atoms with Crippen LogP contribution in [0.25, 0.3) is 0 Å². The lowest BCUT2D eigenvalue weighted by molar-refractivity contribution is -0.125. The summed E-state index contributed by atoms with van der Waals surface area (Å²) in [6.07, 6.45) is 3.05. The van der Waals surface area contributed by atoms with E-state index in [2.05, 4.69) is 0 Å². The van der Waals surface area contributed by atoms with Gasteiger partial charge in [0.25, 0.3) is 5.91 Å². The summed E-state index contributed by atoms with van der Waals surface area (Å²) in [7, 11) is -3.99. The van der Waals surface area contributed by atoms with Gasteiger partial charge >= 0.3 is 0 Å². The van der Waals surface area contributed by atoms with Gasteiger partial charge < -0.3 is 9.80 Å². The highest BCUT2D eigenvalue weighted by Crippen LogP contribution is 2.42. The SMILES string of the molecule is O=C(C1=CN(c2cc(Cl)cc(Cl)c2)c2cc(Cl)ccc2S1(=O)=O)N1CCCC1. The molecule has 1 amide bonds. The quantitative estimate of drug-likeness (QED) is 0.634. The van der Waals surface area contributed by atoms with Gasteiger partial charge in [0, 0.05) is 40.0 Å².